The minimum atomic E-state index is -0.776. The van der Waals surface area contributed by atoms with Crippen LogP contribution in [0.25, 0.3) is 0 Å². The van der Waals surface area contributed by atoms with Gasteiger partial charge in [0, 0.05) is 0 Å². The molecule has 0 aliphatic heterocycles. The molecule has 0 saturated heterocycles. The molecule has 0 aliphatic rings. The van der Waals surface area contributed by atoms with Gasteiger partial charge in [-0.1, -0.05) is 0 Å². The average Bonchev–Trinajstić information content (AvgIpc) is 1.61. The topological polar surface area (TPSA) is 26.0 Å². The van der Waals surface area contributed by atoms with E-state index in [1.807, 2.05) is 0 Å². The molecule has 42 valence electrons. The van der Waals surface area contributed by atoms with E-state index in [-0.39, 0.29) is 12.4 Å². The second kappa shape index (κ2) is 10.5. The van der Waals surface area contributed by atoms with Crippen molar-refractivity contribution in [1.82, 2.24) is 0 Å². The summed E-state index contributed by atoms with van der Waals surface area (Å²) < 4.78 is 1.28. The second-order valence-corrected chi connectivity index (χ2v) is 8.72. The summed E-state index contributed by atoms with van der Waals surface area (Å²) in [6.45, 7) is 0.826. The summed E-state index contributed by atoms with van der Waals surface area (Å²) in [4.78, 5) is 0. The maximum absolute atomic E-state index is 5.55. The number of nitrogens with two attached hydrogens (primary N) is 1. The van der Waals surface area contributed by atoms with E-state index < -0.39 is 23.3 Å². The van der Waals surface area contributed by atoms with Crippen LogP contribution in [-0.2, 0) is 23.3 Å². The molecule has 0 aromatic heterocycles. The number of halogens is 2. The fourth-order valence-corrected chi connectivity index (χ4v) is 3.75. The third-order valence-corrected chi connectivity index (χ3v) is 5.92. The second-order valence-electron chi connectivity index (χ2n) is 1.18. The van der Waals surface area contributed by atoms with Gasteiger partial charge >= 0.3 is 54.2 Å². The zero-order valence-electron chi connectivity index (χ0n) is 4.19. The van der Waals surface area contributed by atoms with Gasteiger partial charge in [-0.3, -0.25) is 0 Å². The van der Waals surface area contributed by atoms with Crippen molar-refractivity contribution in [2.45, 2.75) is 10.4 Å². The van der Waals surface area contributed by atoms with Crippen molar-refractivity contribution in [3.8, 4) is 0 Å². The summed E-state index contributed by atoms with van der Waals surface area (Å²) in [5.74, 6) is 0. The molecule has 0 aliphatic carbocycles. The predicted molar refractivity (Wildman–Crippen MR) is 31.6 cm³/mol. The Morgan fingerprint density at radius 1 is 1.57 bits per heavy atom. The molecule has 0 amide bonds. The molecule has 0 aromatic rings. The predicted octanol–water partition coefficient (Wildman–Crippen LogP) is 1.41. The Morgan fingerprint density at radius 2 is 2.14 bits per heavy atom. The Morgan fingerprint density at radius 3 is 2.29 bits per heavy atom. The zero-order valence-corrected chi connectivity index (χ0v) is 11.3. The van der Waals surface area contributed by atoms with Crippen LogP contribution in [0.3, 0.4) is 0 Å². The van der Waals surface area contributed by atoms with E-state index in [2.05, 4.69) is 0 Å². The molecule has 2 N–H and O–H groups in total. The van der Waals surface area contributed by atoms with Crippen molar-refractivity contribution in [2.75, 3.05) is 6.54 Å². The van der Waals surface area contributed by atoms with Crippen LogP contribution < -0.4 is 5.73 Å². The van der Waals surface area contributed by atoms with Gasteiger partial charge in [0.1, 0.15) is 0 Å². The van der Waals surface area contributed by atoms with Crippen molar-refractivity contribution in [1.29, 1.82) is 0 Å². The van der Waals surface area contributed by atoms with Crippen molar-refractivity contribution in [2.24, 2.45) is 5.73 Å². The molecule has 0 aromatic carbocycles. The van der Waals surface area contributed by atoms with Crippen LogP contribution in [0.4, 0.5) is 0 Å². The molecule has 1 nitrogen and oxygen atoms in total. The van der Waals surface area contributed by atoms with E-state index in [0.717, 1.165) is 13.0 Å². The Labute approximate surface area is 66.3 Å². The molecule has 0 spiro atoms. The SMILES string of the molecule is Cl.NCC[CH2][Hg][Cl]. The quantitative estimate of drug-likeness (QED) is 0.614. The molecule has 0 bridgehead atoms. The maximum atomic E-state index is 5.55. The molecule has 0 atom stereocenters. The summed E-state index contributed by atoms with van der Waals surface area (Å²) in [6.07, 6.45) is 1.16. The van der Waals surface area contributed by atoms with E-state index in [1.165, 1.54) is 3.93 Å². The van der Waals surface area contributed by atoms with Gasteiger partial charge in [-0.05, 0) is 0 Å². The minimum absolute atomic E-state index is 0. The van der Waals surface area contributed by atoms with Gasteiger partial charge in [-0.15, -0.1) is 12.4 Å². The average molecular weight is 331 g/mol. The van der Waals surface area contributed by atoms with Crippen LogP contribution in [0.2, 0.25) is 3.93 Å². The summed E-state index contributed by atoms with van der Waals surface area (Å²) in [5.41, 5.74) is 5.19. The first-order valence-electron chi connectivity index (χ1n) is 2.18. The molecule has 0 unspecified atom stereocenters. The summed E-state index contributed by atoms with van der Waals surface area (Å²) in [5, 5.41) is 0. The molecule has 0 saturated carbocycles. The van der Waals surface area contributed by atoms with Gasteiger partial charge in [0.05, 0.1) is 0 Å². The van der Waals surface area contributed by atoms with E-state index in [9.17, 15) is 0 Å². The van der Waals surface area contributed by atoms with E-state index in [1.54, 1.807) is 0 Å². The molecule has 0 radical (unpaired) electrons. The Bertz CT molecular complexity index is 24.9. The molecular formula is C3H9Cl2HgN. The number of rotatable bonds is 3. The molecule has 4 heteroatoms. The Hall–Kier alpha value is 1.48. The van der Waals surface area contributed by atoms with Gasteiger partial charge < -0.3 is 0 Å². The first kappa shape index (κ1) is 11.3. The van der Waals surface area contributed by atoms with Crippen LogP contribution in [0, 0.1) is 0 Å². The van der Waals surface area contributed by atoms with Crippen LogP contribution in [0.1, 0.15) is 6.42 Å². The standard InChI is InChI=1S/C3H8N.2ClH.Hg/c1-2-3-4;;;/h1-4H2;2*1H;/q;;;+1/p-1. The number of hydrogen-bond acceptors (Lipinski definition) is 1. The van der Waals surface area contributed by atoms with Crippen LogP contribution in [0.5, 0.6) is 0 Å². The van der Waals surface area contributed by atoms with Gasteiger partial charge in [0.15, 0.2) is 0 Å². The molecule has 0 rings (SSSR count). The van der Waals surface area contributed by atoms with Gasteiger partial charge in [0.2, 0.25) is 0 Å². The van der Waals surface area contributed by atoms with Gasteiger partial charge in [0.25, 0.3) is 0 Å². The van der Waals surface area contributed by atoms with Crippen molar-refractivity contribution >= 4 is 20.7 Å². The van der Waals surface area contributed by atoms with Gasteiger partial charge in [-0.25, -0.2) is 0 Å². The first-order chi connectivity index (χ1) is 2.91. The van der Waals surface area contributed by atoms with Crippen molar-refractivity contribution < 1.29 is 23.3 Å². The monoisotopic (exact) mass is 331 g/mol. The van der Waals surface area contributed by atoms with Crippen molar-refractivity contribution in [3.05, 3.63) is 0 Å². The molecule has 0 fully saturated rings. The third kappa shape index (κ3) is 11.2. The zero-order chi connectivity index (χ0) is 4.83. The fraction of sp³-hybridized carbons (Fsp3) is 1.00. The Kier molecular flexibility index (Phi) is 16.9. The summed E-state index contributed by atoms with van der Waals surface area (Å²) >= 11 is -0.776. The van der Waals surface area contributed by atoms with E-state index in [0.29, 0.717) is 0 Å². The summed E-state index contributed by atoms with van der Waals surface area (Å²) in [6, 6.07) is 0. The fourth-order valence-electron chi connectivity index (χ4n) is 0.239. The summed E-state index contributed by atoms with van der Waals surface area (Å²) in [7, 11) is 5.55. The van der Waals surface area contributed by atoms with Crippen LogP contribution in [0.15, 0.2) is 0 Å². The molecular weight excluding hydrogens is 322 g/mol. The van der Waals surface area contributed by atoms with E-state index >= 15 is 0 Å². The Balaban J connectivity index is 0. The van der Waals surface area contributed by atoms with Crippen LogP contribution >= 0.6 is 20.7 Å². The first-order valence-corrected chi connectivity index (χ1v) is 12.8. The van der Waals surface area contributed by atoms with E-state index in [4.69, 9.17) is 14.0 Å². The molecule has 0 heterocycles. The van der Waals surface area contributed by atoms with Crippen LogP contribution in [-0.4, -0.2) is 6.54 Å². The number of hydrogen-bond donors (Lipinski definition) is 1. The van der Waals surface area contributed by atoms with Gasteiger partial charge in [-0.2, -0.15) is 0 Å². The normalized spacial score (nSPS) is 6.57. The van der Waals surface area contributed by atoms with Crippen molar-refractivity contribution in [3.63, 3.8) is 0 Å². The third-order valence-electron chi connectivity index (χ3n) is 0.588. The molecule has 7 heavy (non-hydrogen) atoms.